The number of carbonyl (C=O) groups excluding carboxylic acids is 2. The Labute approximate surface area is 241 Å². The number of carbonyl (C=O) groups is 2. The SMILES string of the molecule is C=C(C[C@@H]1C[C@@H](CO[Si](c2ccccc2)(c2ccccc2)C(C)(C)C)OC1=O)C[C@H]1C[C@@H](CCCCC)OC1=O. The van der Waals surface area contributed by atoms with Gasteiger partial charge in [-0.3, -0.25) is 9.59 Å². The Bertz CT molecular complexity index is 1100. The number of esters is 2. The van der Waals surface area contributed by atoms with Crippen LogP contribution in [-0.2, 0) is 23.5 Å². The number of cyclic esters (lactones) is 2. The topological polar surface area (TPSA) is 61.8 Å². The lowest BCUT2D eigenvalue weighted by atomic mass is 9.89. The van der Waals surface area contributed by atoms with Crippen LogP contribution in [-0.4, -0.2) is 39.1 Å². The summed E-state index contributed by atoms with van der Waals surface area (Å²) in [6.07, 6.45) is 6.55. The molecule has 0 aromatic heterocycles. The van der Waals surface area contributed by atoms with Gasteiger partial charge in [-0.25, -0.2) is 0 Å². The van der Waals surface area contributed by atoms with E-state index in [-0.39, 0.29) is 41.0 Å². The number of hydrogen-bond donors (Lipinski definition) is 0. The fourth-order valence-electron chi connectivity index (χ4n) is 6.44. The second-order valence-corrected chi connectivity index (χ2v) is 16.9. The van der Waals surface area contributed by atoms with E-state index in [1.165, 1.54) is 10.4 Å². The first-order valence-corrected chi connectivity index (χ1v) is 16.9. The molecule has 0 amide bonds. The average Bonchev–Trinajstić information content (AvgIpc) is 3.45. The number of rotatable bonds is 13. The van der Waals surface area contributed by atoms with Crippen molar-refractivity contribution in [2.24, 2.45) is 11.8 Å². The number of ether oxygens (including phenoxy) is 2. The van der Waals surface area contributed by atoms with Crippen molar-refractivity contribution in [1.82, 2.24) is 0 Å². The van der Waals surface area contributed by atoms with Crippen LogP contribution in [0.1, 0.15) is 79.1 Å². The van der Waals surface area contributed by atoms with E-state index in [9.17, 15) is 9.59 Å². The third-order valence-corrected chi connectivity index (χ3v) is 13.4. The minimum atomic E-state index is -2.70. The molecule has 216 valence electrons. The van der Waals surface area contributed by atoms with Crippen LogP contribution in [0.25, 0.3) is 0 Å². The molecule has 0 radical (unpaired) electrons. The number of benzene rings is 2. The van der Waals surface area contributed by atoms with Crippen molar-refractivity contribution < 1.29 is 23.5 Å². The lowest BCUT2D eigenvalue weighted by molar-refractivity contribution is -0.145. The second-order valence-electron chi connectivity index (χ2n) is 12.6. The maximum atomic E-state index is 12.9. The van der Waals surface area contributed by atoms with Crippen molar-refractivity contribution in [1.29, 1.82) is 0 Å². The molecule has 0 unspecified atom stereocenters. The lowest BCUT2D eigenvalue weighted by Gasteiger charge is -2.43. The zero-order chi connectivity index (χ0) is 28.8. The highest BCUT2D eigenvalue weighted by Crippen LogP contribution is 2.38. The summed E-state index contributed by atoms with van der Waals surface area (Å²) in [5, 5.41) is 2.27. The van der Waals surface area contributed by atoms with Gasteiger partial charge in [0.05, 0.1) is 18.4 Å². The third-order valence-electron chi connectivity index (χ3n) is 8.43. The Morgan fingerprint density at radius 1 is 0.850 bits per heavy atom. The van der Waals surface area contributed by atoms with E-state index >= 15 is 0 Å². The van der Waals surface area contributed by atoms with E-state index in [0.29, 0.717) is 25.9 Å². The van der Waals surface area contributed by atoms with Gasteiger partial charge >= 0.3 is 11.9 Å². The van der Waals surface area contributed by atoms with Crippen LogP contribution in [0.2, 0.25) is 5.04 Å². The first-order chi connectivity index (χ1) is 19.1. The fraction of sp³-hybridized carbons (Fsp3) is 0.529. The molecule has 0 spiro atoms. The normalized spacial score (nSPS) is 23.2. The van der Waals surface area contributed by atoms with Gasteiger partial charge in [0.15, 0.2) is 0 Å². The predicted octanol–water partition coefficient (Wildman–Crippen LogP) is 6.34. The maximum absolute atomic E-state index is 12.9. The van der Waals surface area contributed by atoms with Crippen LogP contribution in [0, 0.1) is 11.8 Å². The minimum Gasteiger partial charge on any atom is -0.462 e. The Hall–Kier alpha value is -2.70. The first kappa shape index (κ1) is 30.3. The van der Waals surface area contributed by atoms with Gasteiger partial charge in [0, 0.05) is 6.42 Å². The van der Waals surface area contributed by atoms with Crippen LogP contribution in [0.3, 0.4) is 0 Å². The van der Waals surface area contributed by atoms with Crippen LogP contribution >= 0.6 is 0 Å². The standard InChI is InChI=1S/C34H46O5Si/c1-6-7-10-15-28-22-26(32(35)38-28)20-25(2)21-27-23-29(39-33(27)36)24-37-40(34(3,4)5,30-16-11-8-12-17-30)31-18-13-9-14-19-31/h8-9,11-14,16-19,26-29H,2,6-7,10,15,20-24H2,1,3-5H3/t26-,27+,28+,29-/m0/s1. The van der Waals surface area contributed by atoms with E-state index in [1.54, 1.807) is 0 Å². The molecule has 5 nitrogen and oxygen atoms in total. The van der Waals surface area contributed by atoms with Gasteiger partial charge < -0.3 is 13.9 Å². The van der Waals surface area contributed by atoms with Crippen LogP contribution < -0.4 is 10.4 Å². The van der Waals surface area contributed by atoms with E-state index in [1.807, 2.05) is 12.1 Å². The van der Waals surface area contributed by atoms with E-state index in [4.69, 9.17) is 13.9 Å². The smallest absolute Gasteiger partial charge is 0.309 e. The Morgan fingerprint density at radius 2 is 1.35 bits per heavy atom. The monoisotopic (exact) mass is 562 g/mol. The fourth-order valence-corrected chi connectivity index (χ4v) is 11.0. The lowest BCUT2D eigenvalue weighted by Crippen LogP contribution is -2.67. The average molecular weight is 563 g/mol. The van der Waals surface area contributed by atoms with Gasteiger partial charge in [0.2, 0.25) is 0 Å². The number of allylic oxidation sites excluding steroid dienone is 1. The third kappa shape index (κ3) is 6.95. The molecule has 2 saturated heterocycles. The predicted molar refractivity (Wildman–Crippen MR) is 162 cm³/mol. The molecule has 6 heteroatoms. The molecule has 2 aromatic carbocycles. The molecule has 0 N–H and O–H groups in total. The number of unbranched alkanes of at least 4 members (excludes halogenated alkanes) is 2. The van der Waals surface area contributed by atoms with Gasteiger partial charge in [-0.2, -0.15) is 0 Å². The van der Waals surface area contributed by atoms with Gasteiger partial charge in [-0.05, 0) is 47.5 Å². The summed E-state index contributed by atoms with van der Waals surface area (Å²) in [6.45, 7) is 13.5. The Morgan fingerprint density at radius 3 is 1.85 bits per heavy atom. The summed E-state index contributed by atoms with van der Waals surface area (Å²) in [4.78, 5) is 25.3. The first-order valence-electron chi connectivity index (χ1n) is 15.0. The molecular weight excluding hydrogens is 516 g/mol. The van der Waals surface area contributed by atoms with Crippen LogP contribution in [0.5, 0.6) is 0 Å². The zero-order valence-corrected chi connectivity index (χ0v) is 25.7. The summed E-state index contributed by atoms with van der Waals surface area (Å²) < 4.78 is 18.5. The van der Waals surface area contributed by atoms with E-state index < -0.39 is 8.32 Å². The van der Waals surface area contributed by atoms with Crippen molar-refractivity contribution >= 4 is 30.6 Å². The van der Waals surface area contributed by atoms with Crippen molar-refractivity contribution in [2.75, 3.05) is 6.61 Å². The van der Waals surface area contributed by atoms with Gasteiger partial charge in [0.1, 0.15) is 12.2 Å². The van der Waals surface area contributed by atoms with E-state index in [0.717, 1.165) is 37.7 Å². The summed E-state index contributed by atoms with van der Waals surface area (Å²) in [5.74, 6) is -0.708. The van der Waals surface area contributed by atoms with Gasteiger partial charge in [0.25, 0.3) is 8.32 Å². The summed E-state index contributed by atoms with van der Waals surface area (Å²) in [6, 6.07) is 21.0. The second kappa shape index (κ2) is 13.3. The van der Waals surface area contributed by atoms with Crippen molar-refractivity contribution in [3.63, 3.8) is 0 Å². The largest absolute Gasteiger partial charge is 0.462 e. The van der Waals surface area contributed by atoms with Crippen molar-refractivity contribution in [2.45, 2.75) is 96.3 Å². The summed E-state index contributed by atoms with van der Waals surface area (Å²) >= 11 is 0. The molecule has 4 atom stereocenters. The quantitative estimate of drug-likeness (QED) is 0.123. The van der Waals surface area contributed by atoms with Crippen LogP contribution in [0.15, 0.2) is 72.8 Å². The molecule has 0 aliphatic carbocycles. The van der Waals surface area contributed by atoms with E-state index in [2.05, 4.69) is 82.8 Å². The zero-order valence-electron chi connectivity index (χ0n) is 24.7. The molecule has 2 heterocycles. The highest BCUT2D eigenvalue weighted by molar-refractivity contribution is 6.99. The van der Waals surface area contributed by atoms with Crippen LogP contribution in [0.4, 0.5) is 0 Å². The summed E-state index contributed by atoms with van der Waals surface area (Å²) in [5.41, 5.74) is 0.923. The highest BCUT2D eigenvalue weighted by atomic mass is 28.4. The maximum Gasteiger partial charge on any atom is 0.309 e. The van der Waals surface area contributed by atoms with Gasteiger partial charge in [-0.1, -0.05) is 113 Å². The molecule has 4 rings (SSSR count). The summed E-state index contributed by atoms with van der Waals surface area (Å²) in [7, 11) is -2.70. The number of hydrogen-bond acceptors (Lipinski definition) is 5. The molecule has 0 saturated carbocycles. The molecule has 0 bridgehead atoms. The molecular formula is C34H46O5Si. The molecule has 2 aliphatic rings. The minimum absolute atomic E-state index is 0.0244. The molecule has 2 aliphatic heterocycles. The highest BCUT2D eigenvalue weighted by Gasteiger charge is 2.51. The Balaban J connectivity index is 1.38. The van der Waals surface area contributed by atoms with Gasteiger partial charge in [-0.15, -0.1) is 0 Å². The molecule has 2 fully saturated rings. The van der Waals surface area contributed by atoms with Crippen molar-refractivity contribution in [3.8, 4) is 0 Å². The van der Waals surface area contributed by atoms with Crippen molar-refractivity contribution in [3.05, 3.63) is 72.8 Å². The molecule has 2 aromatic rings. The molecule has 40 heavy (non-hydrogen) atoms. The Kier molecular flexibility index (Phi) is 10.1.